The fourth-order valence-corrected chi connectivity index (χ4v) is 4.80. The van der Waals surface area contributed by atoms with E-state index in [4.69, 9.17) is 0 Å². The molecule has 0 bridgehead atoms. The van der Waals surface area contributed by atoms with Crippen molar-refractivity contribution >= 4 is 29.2 Å². The van der Waals surface area contributed by atoms with E-state index in [-0.39, 0.29) is 17.8 Å². The van der Waals surface area contributed by atoms with E-state index < -0.39 is 0 Å². The van der Waals surface area contributed by atoms with E-state index in [0.717, 1.165) is 25.7 Å². The monoisotopic (exact) mass is 421 g/mol. The molecule has 1 aliphatic carbocycles. The summed E-state index contributed by atoms with van der Waals surface area (Å²) in [7, 11) is 0. The summed E-state index contributed by atoms with van der Waals surface area (Å²) in [6, 6.07) is 1.64. The Morgan fingerprint density at radius 1 is 1.17 bits per heavy atom. The van der Waals surface area contributed by atoms with Gasteiger partial charge in [0.15, 0.2) is 0 Å². The van der Waals surface area contributed by atoms with Gasteiger partial charge in [0.05, 0.1) is 11.4 Å². The van der Waals surface area contributed by atoms with Crippen molar-refractivity contribution in [1.82, 2.24) is 26.0 Å². The third-order valence-electron chi connectivity index (χ3n) is 5.43. The molecule has 2 heterocycles. The van der Waals surface area contributed by atoms with Crippen LogP contribution in [0.5, 0.6) is 0 Å². The molecular weight excluding hydrogens is 390 g/mol. The summed E-state index contributed by atoms with van der Waals surface area (Å²) >= 11 is 1.52. The second-order valence-corrected chi connectivity index (χ2v) is 9.04. The molecule has 0 spiro atoms. The Labute approximate surface area is 176 Å². The summed E-state index contributed by atoms with van der Waals surface area (Å²) in [5.41, 5.74) is 6.32. The number of thiophene rings is 1. The molecule has 8 nitrogen and oxygen atoms in total. The van der Waals surface area contributed by atoms with E-state index in [1.54, 1.807) is 4.90 Å². The van der Waals surface area contributed by atoms with E-state index in [1.165, 1.54) is 21.8 Å². The second kappa shape index (κ2) is 10.1. The molecule has 2 aliphatic rings. The van der Waals surface area contributed by atoms with Gasteiger partial charge in [-0.1, -0.05) is 13.8 Å². The van der Waals surface area contributed by atoms with Crippen LogP contribution in [-0.2, 0) is 17.6 Å². The largest absolute Gasteiger partial charge is 0.355 e. The Bertz CT molecular complexity index is 742. The Morgan fingerprint density at radius 2 is 1.93 bits per heavy atom. The zero-order chi connectivity index (χ0) is 20.8. The van der Waals surface area contributed by atoms with Gasteiger partial charge in [-0.2, -0.15) is 0 Å². The molecule has 1 aliphatic heterocycles. The molecule has 0 saturated carbocycles. The van der Waals surface area contributed by atoms with Crippen molar-refractivity contribution in [2.45, 2.75) is 39.5 Å². The number of hydrazine groups is 1. The highest BCUT2D eigenvalue weighted by Crippen LogP contribution is 2.32. The van der Waals surface area contributed by atoms with Crippen molar-refractivity contribution in [3.63, 3.8) is 0 Å². The molecule has 3 rings (SSSR count). The molecule has 1 saturated heterocycles. The highest BCUT2D eigenvalue weighted by molar-refractivity contribution is 7.14. The lowest BCUT2D eigenvalue weighted by Crippen LogP contribution is -2.56. The van der Waals surface area contributed by atoms with Gasteiger partial charge in [0.25, 0.3) is 5.91 Å². The standard InChI is InChI=1S/C20H31N5O3S/c1-3-6-21-18(26)13-24-7-9-25(10-8-24)20(28)23-22-19(27)17-12-15-11-14(2)4-5-16(15)29-17/h12,14H,3-11,13H2,1-2H3,(H,21,26)(H,22,27)(H,23,28). The maximum Gasteiger partial charge on any atom is 0.336 e. The molecular formula is C20H31N5O3S. The zero-order valence-electron chi connectivity index (χ0n) is 17.3. The van der Waals surface area contributed by atoms with Gasteiger partial charge >= 0.3 is 6.03 Å². The molecule has 1 unspecified atom stereocenters. The number of piperazine rings is 1. The van der Waals surface area contributed by atoms with Gasteiger partial charge in [-0.25, -0.2) is 10.2 Å². The third-order valence-corrected chi connectivity index (χ3v) is 6.67. The number of aryl methyl sites for hydroxylation is 1. The predicted molar refractivity (Wildman–Crippen MR) is 113 cm³/mol. The van der Waals surface area contributed by atoms with Crippen LogP contribution in [0.3, 0.4) is 0 Å². The molecule has 160 valence electrons. The maximum absolute atomic E-state index is 12.4. The molecule has 1 atom stereocenters. The number of carbonyl (C=O) groups excluding carboxylic acids is 3. The summed E-state index contributed by atoms with van der Waals surface area (Å²) < 4.78 is 0. The molecule has 1 aromatic heterocycles. The number of hydrogen-bond acceptors (Lipinski definition) is 5. The van der Waals surface area contributed by atoms with Crippen molar-refractivity contribution in [2.24, 2.45) is 5.92 Å². The second-order valence-electron chi connectivity index (χ2n) is 7.90. The number of nitrogens with zero attached hydrogens (tertiary/aromatic N) is 2. The van der Waals surface area contributed by atoms with Gasteiger partial charge in [-0.15, -0.1) is 11.3 Å². The topological polar surface area (TPSA) is 93.8 Å². The SMILES string of the molecule is CCCNC(=O)CN1CCN(C(=O)NNC(=O)c2cc3c(s2)CCC(C)C3)CC1. The van der Waals surface area contributed by atoms with Gasteiger partial charge in [-0.05, 0) is 43.2 Å². The highest BCUT2D eigenvalue weighted by atomic mass is 32.1. The van der Waals surface area contributed by atoms with E-state index in [0.29, 0.717) is 50.1 Å². The lowest BCUT2D eigenvalue weighted by molar-refractivity contribution is -0.122. The zero-order valence-corrected chi connectivity index (χ0v) is 18.1. The molecule has 4 amide bonds. The summed E-state index contributed by atoms with van der Waals surface area (Å²) in [6.45, 7) is 7.61. The average molecular weight is 422 g/mol. The molecule has 1 fully saturated rings. The number of urea groups is 1. The van der Waals surface area contributed by atoms with Gasteiger partial charge in [0.2, 0.25) is 5.91 Å². The number of fused-ring (bicyclic) bond motifs is 1. The summed E-state index contributed by atoms with van der Waals surface area (Å²) in [5.74, 6) is 0.408. The number of rotatable bonds is 5. The molecule has 3 N–H and O–H groups in total. The minimum absolute atomic E-state index is 0.0186. The molecule has 9 heteroatoms. The van der Waals surface area contributed by atoms with Gasteiger partial charge in [-0.3, -0.25) is 19.9 Å². The Hall–Kier alpha value is -2.13. The third kappa shape index (κ3) is 5.93. The van der Waals surface area contributed by atoms with Gasteiger partial charge in [0.1, 0.15) is 0 Å². The smallest absolute Gasteiger partial charge is 0.336 e. The van der Waals surface area contributed by atoms with Crippen molar-refractivity contribution < 1.29 is 14.4 Å². The number of amides is 4. The highest BCUT2D eigenvalue weighted by Gasteiger charge is 2.24. The Balaban J connectivity index is 1.40. The first-order chi connectivity index (χ1) is 14.0. The fourth-order valence-electron chi connectivity index (χ4n) is 3.70. The van der Waals surface area contributed by atoms with Crippen molar-refractivity contribution in [3.05, 3.63) is 21.4 Å². The maximum atomic E-state index is 12.4. The van der Waals surface area contributed by atoms with E-state index in [9.17, 15) is 14.4 Å². The Kier molecular flexibility index (Phi) is 7.49. The molecule has 1 aromatic rings. The lowest BCUT2D eigenvalue weighted by atomic mass is 9.90. The Morgan fingerprint density at radius 3 is 2.66 bits per heavy atom. The van der Waals surface area contributed by atoms with Crippen molar-refractivity contribution in [2.75, 3.05) is 39.3 Å². The number of nitrogens with one attached hydrogen (secondary N) is 3. The average Bonchev–Trinajstić information content (AvgIpc) is 3.14. The molecule has 0 radical (unpaired) electrons. The van der Waals surface area contributed by atoms with Crippen LogP contribution in [0.4, 0.5) is 4.79 Å². The van der Waals surface area contributed by atoms with Crippen LogP contribution in [0.1, 0.15) is 46.8 Å². The quantitative estimate of drug-likeness (QED) is 0.626. The van der Waals surface area contributed by atoms with Crippen LogP contribution in [0.15, 0.2) is 6.07 Å². The first-order valence-electron chi connectivity index (χ1n) is 10.4. The minimum atomic E-state index is -0.316. The van der Waals surface area contributed by atoms with Gasteiger partial charge in [0, 0.05) is 37.6 Å². The normalized spacial score (nSPS) is 19.4. The molecule has 0 aromatic carbocycles. The first kappa shape index (κ1) is 21.6. The van der Waals surface area contributed by atoms with Crippen molar-refractivity contribution in [3.8, 4) is 0 Å². The predicted octanol–water partition coefficient (Wildman–Crippen LogP) is 1.37. The van der Waals surface area contributed by atoms with E-state index >= 15 is 0 Å². The fraction of sp³-hybridized carbons (Fsp3) is 0.650. The van der Waals surface area contributed by atoms with Gasteiger partial charge < -0.3 is 10.2 Å². The van der Waals surface area contributed by atoms with E-state index in [2.05, 4.69) is 23.1 Å². The minimum Gasteiger partial charge on any atom is -0.355 e. The summed E-state index contributed by atoms with van der Waals surface area (Å²) in [6.07, 6.45) is 4.13. The summed E-state index contributed by atoms with van der Waals surface area (Å²) in [5, 5.41) is 2.86. The number of hydrogen-bond donors (Lipinski definition) is 3. The van der Waals surface area contributed by atoms with E-state index in [1.807, 2.05) is 17.9 Å². The summed E-state index contributed by atoms with van der Waals surface area (Å²) in [4.78, 5) is 42.2. The van der Waals surface area contributed by atoms with Crippen LogP contribution in [0, 0.1) is 5.92 Å². The van der Waals surface area contributed by atoms with Crippen LogP contribution >= 0.6 is 11.3 Å². The van der Waals surface area contributed by atoms with Crippen molar-refractivity contribution in [1.29, 1.82) is 0 Å². The first-order valence-corrected chi connectivity index (χ1v) is 11.2. The van der Waals surface area contributed by atoms with Crippen LogP contribution in [0.2, 0.25) is 0 Å². The van der Waals surface area contributed by atoms with Crippen LogP contribution in [0.25, 0.3) is 0 Å². The molecule has 29 heavy (non-hydrogen) atoms. The number of carbonyl (C=O) groups is 3. The van der Waals surface area contributed by atoms with Crippen LogP contribution < -0.4 is 16.2 Å². The lowest BCUT2D eigenvalue weighted by Gasteiger charge is -2.34. The van der Waals surface area contributed by atoms with Crippen LogP contribution in [-0.4, -0.2) is 66.9 Å².